The van der Waals surface area contributed by atoms with Crippen molar-refractivity contribution in [3.8, 4) is 0 Å². The smallest absolute Gasteiger partial charge is 0.242 e. The number of amides is 2. The molecule has 0 aliphatic heterocycles. The molecule has 0 aromatic heterocycles. The zero-order valence-electron chi connectivity index (χ0n) is 16.9. The highest BCUT2D eigenvalue weighted by Crippen LogP contribution is 2.16. The second-order valence-corrected chi connectivity index (χ2v) is 6.86. The molecule has 2 rings (SSSR count). The van der Waals surface area contributed by atoms with E-state index in [9.17, 15) is 14.0 Å². The number of likely N-dealkylation sites (N-methyl/N-ethyl adjacent to an activating group) is 1. The summed E-state index contributed by atoms with van der Waals surface area (Å²) in [6, 6.07) is 13.7. The van der Waals surface area contributed by atoms with Crippen LogP contribution in [0.5, 0.6) is 0 Å². The molecule has 0 bridgehead atoms. The minimum atomic E-state index is -0.551. The largest absolute Gasteiger partial charge is 0.357 e. The van der Waals surface area contributed by atoms with E-state index >= 15 is 0 Å². The van der Waals surface area contributed by atoms with Crippen LogP contribution in [-0.4, -0.2) is 29.8 Å². The summed E-state index contributed by atoms with van der Waals surface area (Å²) in [5, 5.41) is 2.64. The highest BCUT2D eigenvalue weighted by molar-refractivity contribution is 5.87. The Morgan fingerprint density at radius 3 is 2.07 bits per heavy atom. The van der Waals surface area contributed by atoms with Crippen molar-refractivity contribution >= 4 is 11.8 Å². The highest BCUT2D eigenvalue weighted by atomic mass is 19.1. The van der Waals surface area contributed by atoms with E-state index in [0.29, 0.717) is 19.3 Å². The Labute approximate surface area is 166 Å². The number of aryl methyl sites for hydroxylation is 2. The number of hydrogen-bond acceptors (Lipinski definition) is 2. The van der Waals surface area contributed by atoms with Gasteiger partial charge in [0, 0.05) is 20.0 Å². The fourth-order valence-electron chi connectivity index (χ4n) is 3.21. The third-order valence-corrected chi connectivity index (χ3v) is 4.96. The van der Waals surface area contributed by atoms with Crippen LogP contribution in [-0.2, 0) is 29.0 Å². The minimum Gasteiger partial charge on any atom is -0.357 e. The van der Waals surface area contributed by atoms with Gasteiger partial charge in [0.25, 0.3) is 0 Å². The lowest BCUT2D eigenvalue weighted by atomic mass is 10.0. The van der Waals surface area contributed by atoms with Crippen LogP contribution in [0.25, 0.3) is 0 Å². The van der Waals surface area contributed by atoms with Crippen LogP contribution < -0.4 is 5.32 Å². The average Bonchev–Trinajstić information content (AvgIpc) is 2.73. The van der Waals surface area contributed by atoms with Crippen molar-refractivity contribution in [1.82, 2.24) is 10.2 Å². The van der Waals surface area contributed by atoms with E-state index in [1.807, 2.05) is 19.1 Å². The number of rotatable bonds is 9. The molecule has 0 saturated heterocycles. The fraction of sp³-hybridized carbons (Fsp3) is 0.391. The second kappa shape index (κ2) is 10.6. The number of nitrogens with zero attached hydrogens (tertiary/aromatic N) is 1. The molecule has 150 valence electrons. The molecule has 2 amide bonds. The maximum absolute atomic E-state index is 13.2. The van der Waals surface area contributed by atoms with Crippen molar-refractivity contribution in [1.29, 1.82) is 0 Å². The molecule has 4 nitrogen and oxygen atoms in total. The third kappa shape index (κ3) is 5.91. The first-order chi connectivity index (χ1) is 13.5. The number of benzene rings is 2. The number of hydrogen-bond donors (Lipinski definition) is 1. The first kappa shape index (κ1) is 21.6. The van der Waals surface area contributed by atoms with E-state index in [4.69, 9.17) is 0 Å². The molecule has 0 spiro atoms. The van der Waals surface area contributed by atoms with Gasteiger partial charge in [0.2, 0.25) is 11.8 Å². The molecule has 0 fully saturated rings. The molecule has 0 radical (unpaired) electrons. The number of carbonyl (C=O) groups excluding carboxylic acids is 2. The Kier molecular flexibility index (Phi) is 8.18. The SMILES string of the molecule is CCc1ccc(CCC(=O)N(Cc2ccc(F)cc2)C(CC)C(=O)NC)cc1. The molecule has 2 aromatic carbocycles. The second-order valence-electron chi connectivity index (χ2n) is 6.86. The van der Waals surface area contributed by atoms with E-state index in [2.05, 4.69) is 24.4 Å². The summed E-state index contributed by atoms with van der Waals surface area (Å²) in [7, 11) is 1.57. The van der Waals surface area contributed by atoms with Crippen LogP contribution in [0.4, 0.5) is 4.39 Å². The molecule has 5 heteroatoms. The van der Waals surface area contributed by atoms with Gasteiger partial charge in [0.1, 0.15) is 11.9 Å². The van der Waals surface area contributed by atoms with E-state index < -0.39 is 6.04 Å². The lowest BCUT2D eigenvalue weighted by molar-refractivity contribution is -0.141. The first-order valence-corrected chi connectivity index (χ1v) is 9.81. The summed E-state index contributed by atoms with van der Waals surface area (Å²) in [5.74, 6) is -0.597. The highest BCUT2D eigenvalue weighted by Gasteiger charge is 2.27. The van der Waals surface area contributed by atoms with Crippen LogP contribution in [0.1, 0.15) is 43.4 Å². The van der Waals surface area contributed by atoms with Crippen LogP contribution in [0.3, 0.4) is 0 Å². The fourth-order valence-corrected chi connectivity index (χ4v) is 3.21. The number of nitrogens with one attached hydrogen (secondary N) is 1. The van der Waals surface area contributed by atoms with Gasteiger partial charge < -0.3 is 10.2 Å². The molecule has 0 aliphatic rings. The lowest BCUT2D eigenvalue weighted by Crippen LogP contribution is -2.48. The Morgan fingerprint density at radius 1 is 0.964 bits per heavy atom. The molecule has 1 N–H and O–H groups in total. The molecule has 1 unspecified atom stereocenters. The summed E-state index contributed by atoms with van der Waals surface area (Å²) in [6.07, 6.45) is 2.43. The van der Waals surface area contributed by atoms with Gasteiger partial charge in [0.15, 0.2) is 0 Å². The molecular weight excluding hydrogens is 355 g/mol. The van der Waals surface area contributed by atoms with E-state index in [1.54, 1.807) is 24.1 Å². The van der Waals surface area contributed by atoms with Crippen molar-refractivity contribution < 1.29 is 14.0 Å². The van der Waals surface area contributed by atoms with Gasteiger partial charge in [-0.25, -0.2) is 4.39 Å². The van der Waals surface area contributed by atoms with Gasteiger partial charge in [-0.2, -0.15) is 0 Å². The zero-order chi connectivity index (χ0) is 20.5. The van der Waals surface area contributed by atoms with Crippen LogP contribution in [0.2, 0.25) is 0 Å². The Bertz CT molecular complexity index is 772. The maximum atomic E-state index is 13.2. The molecule has 0 aliphatic carbocycles. The van der Waals surface area contributed by atoms with Crippen molar-refractivity contribution in [3.05, 3.63) is 71.0 Å². The van der Waals surface area contributed by atoms with Gasteiger partial charge in [-0.3, -0.25) is 9.59 Å². The summed E-state index contributed by atoms with van der Waals surface area (Å²) < 4.78 is 13.2. The lowest BCUT2D eigenvalue weighted by Gasteiger charge is -2.30. The molecular formula is C23H29FN2O2. The normalized spacial score (nSPS) is 11.7. The molecule has 0 saturated carbocycles. The molecule has 1 atom stereocenters. The van der Waals surface area contributed by atoms with Crippen LogP contribution in [0, 0.1) is 5.82 Å². The van der Waals surface area contributed by atoms with Crippen LogP contribution >= 0.6 is 0 Å². The Morgan fingerprint density at radius 2 is 1.54 bits per heavy atom. The summed E-state index contributed by atoms with van der Waals surface area (Å²) in [4.78, 5) is 26.9. The van der Waals surface area contributed by atoms with E-state index in [-0.39, 0.29) is 24.2 Å². The van der Waals surface area contributed by atoms with Crippen molar-refractivity contribution in [2.24, 2.45) is 0 Å². The predicted octanol–water partition coefficient (Wildman–Crippen LogP) is 3.87. The van der Waals surface area contributed by atoms with Gasteiger partial charge in [-0.05, 0) is 48.1 Å². The van der Waals surface area contributed by atoms with E-state index in [1.165, 1.54) is 17.7 Å². The zero-order valence-corrected chi connectivity index (χ0v) is 16.9. The maximum Gasteiger partial charge on any atom is 0.242 e. The topological polar surface area (TPSA) is 49.4 Å². The standard InChI is InChI=1S/C23H29FN2O2/c1-4-17-6-8-18(9-7-17)12-15-22(27)26(21(5-2)23(28)25-3)16-19-10-13-20(24)14-11-19/h6-11,13-14,21H,4-5,12,15-16H2,1-3H3,(H,25,28). The summed E-state index contributed by atoms with van der Waals surface area (Å²) >= 11 is 0. The van der Waals surface area contributed by atoms with Gasteiger partial charge in [0.05, 0.1) is 0 Å². The van der Waals surface area contributed by atoms with Crippen molar-refractivity contribution in [3.63, 3.8) is 0 Å². The summed E-state index contributed by atoms with van der Waals surface area (Å²) in [5.41, 5.74) is 3.16. The van der Waals surface area contributed by atoms with Gasteiger partial charge in [-0.15, -0.1) is 0 Å². The third-order valence-electron chi connectivity index (χ3n) is 4.96. The van der Waals surface area contributed by atoms with Gasteiger partial charge >= 0.3 is 0 Å². The quantitative estimate of drug-likeness (QED) is 0.713. The van der Waals surface area contributed by atoms with Crippen molar-refractivity contribution in [2.45, 2.75) is 52.1 Å². The predicted molar refractivity (Wildman–Crippen MR) is 109 cm³/mol. The van der Waals surface area contributed by atoms with Crippen LogP contribution in [0.15, 0.2) is 48.5 Å². The van der Waals surface area contributed by atoms with Crippen molar-refractivity contribution in [2.75, 3.05) is 7.05 Å². The van der Waals surface area contributed by atoms with E-state index in [0.717, 1.165) is 17.5 Å². The minimum absolute atomic E-state index is 0.0839. The van der Waals surface area contributed by atoms with Gasteiger partial charge in [-0.1, -0.05) is 50.2 Å². The average molecular weight is 384 g/mol. The Balaban J connectivity index is 2.14. The molecule has 28 heavy (non-hydrogen) atoms. The number of halogens is 1. The molecule has 0 heterocycles. The monoisotopic (exact) mass is 384 g/mol. The summed E-state index contributed by atoms with van der Waals surface area (Å²) in [6.45, 7) is 4.27. The first-order valence-electron chi connectivity index (χ1n) is 9.81. The number of carbonyl (C=O) groups is 2. The molecule has 2 aromatic rings. The Hall–Kier alpha value is -2.69.